The summed E-state index contributed by atoms with van der Waals surface area (Å²) >= 11 is 0. The molecule has 0 N–H and O–H groups in total. The molecule has 1 atom stereocenters. The van der Waals surface area contributed by atoms with Crippen LogP contribution in [-0.4, -0.2) is 6.54 Å². The Balaban J connectivity index is 2.20. The number of nitrogens with zero attached hydrogens (tertiary/aromatic N) is 1. The molecule has 1 aliphatic rings. The number of anilines is 1. The van der Waals surface area contributed by atoms with Crippen LogP contribution in [0.25, 0.3) is 0 Å². The van der Waals surface area contributed by atoms with E-state index in [0.717, 1.165) is 31.5 Å². The Morgan fingerprint density at radius 1 is 1.27 bits per heavy atom. The van der Waals surface area contributed by atoms with E-state index in [4.69, 9.17) is 0 Å². The van der Waals surface area contributed by atoms with Gasteiger partial charge in [-0.1, -0.05) is 109 Å². The highest BCUT2D eigenvalue weighted by atomic mass is 15.1. The van der Waals surface area contributed by atoms with Gasteiger partial charge in [0.1, 0.15) is 0 Å². The molecule has 2 rings (SSSR count). The summed E-state index contributed by atoms with van der Waals surface area (Å²) in [6.07, 6.45) is 24.6. The van der Waals surface area contributed by atoms with Gasteiger partial charge < -0.3 is 4.90 Å². The van der Waals surface area contributed by atoms with Gasteiger partial charge in [0.25, 0.3) is 0 Å². The Kier molecular flexibility index (Phi) is 11.0. The van der Waals surface area contributed by atoms with Crippen LogP contribution in [0.5, 0.6) is 0 Å². The van der Waals surface area contributed by atoms with E-state index < -0.39 is 0 Å². The lowest BCUT2D eigenvalue weighted by Gasteiger charge is -2.27. The second-order valence-corrected chi connectivity index (χ2v) is 9.61. The van der Waals surface area contributed by atoms with Crippen molar-refractivity contribution in [2.24, 2.45) is 11.3 Å². The zero-order chi connectivity index (χ0) is 24.1. The first-order valence-electron chi connectivity index (χ1n) is 12.7. The molecule has 1 heteroatoms. The molecule has 0 spiro atoms. The third-order valence-electron chi connectivity index (χ3n) is 6.61. The van der Waals surface area contributed by atoms with E-state index in [1.807, 2.05) is 18.2 Å². The standard InChI is InChI=1S/C32H43N/c1-7-10-25-32(5,6)29(17-8-2)19-14-15-26-33(30-20-12-11-13-21-30)31-22-16-18-28(23-24-31)27(4)9-3/h8,11-12,14,16-20,23-24,27H,2,7,9-10,15,22,25-26H2,1,3-6H3/b19-14-,29-17+. The molecule has 0 aliphatic heterocycles. The Bertz CT molecular complexity index is 876. The van der Waals surface area contributed by atoms with Crippen molar-refractivity contribution in [1.29, 1.82) is 0 Å². The first-order chi connectivity index (χ1) is 15.9. The highest BCUT2D eigenvalue weighted by Crippen LogP contribution is 2.33. The van der Waals surface area contributed by atoms with Gasteiger partial charge >= 0.3 is 0 Å². The van der Waals surface area contributed by atoms with Gasteiger partial charge in [0.15, 0.2) is 0 Å². The minimum Gasteiger partial charge on any atom is -0.338 e. The maximum Gasteiger partial charge on any atom is 0.0925 e. The van der Waals surface area contributed by atoms with Gasteiger partial charge in [-0.05, 0) is 66.0 Å². The van der Waals surface area contributed by atoms with Crippen molar-refractivity contribution in [2.45, 2.75) is 73.1 Å². The smallest absolute Gasteiger partial charge is 0.0925 e. The van der Waals surface area contributed by atoms with Crippen LogP contribution < -0.4 is 4.90 Å². The lowest BCUT2D eigenvalue weighted by molar-refractivity contribution is 0.400. The molecule has 0 amide bonds. The summed E-state index contributed by atoms with van der Waals surface area (Å²) in [5.41, 5.74) is 5.31. The predicted octanol–water partition coefficient (Wildman–Crippen LogP) is 9.18. The molecule has 1 nitrogen and oxygen atoms in total. The Morgan fingerprint density at radius 2 is 2.09 bits per heavy atom. The van der Waals surface area contributed by atoms with Crippen molar-refractivity contribution in [1.82, 2.24) is 0 Å². The summed E-state index contributed by atoms with van der Waals surface area (Å²) in [5.74, 6) is 0.580. The molecule has 0 aromatic heterocycles. The summed E-state index contributed by atoms with van der Waals surface area (Å²) in [7, 11) is 0. The summed E-state index contributed by atoms with van der Waals surface area (Å²) in [6.45, 7) is 16.3. The predicted molar refractivity (Wildman–Crippen MR) is 146 cm³/mol. The molecule has 0 saturated heterocycles. The molecule has 0 saturated carbocycles. The van der Waals surface area contributed by atoms with Crippen molar-refractivity contribution < 1.29 is 0 Å². The zero-order valence-corrected chi connectivity index (χ0v) is 21.5. The van der Waals surface area contributed by atoms with E-state index >= 15 is 0 Å². The van der Waals surface area contributed by atoms with Crippen molar-refractivity contribution in [2.75, 3.05) is 11.4 Å². The van der Waals surface area contributed by atoms with Crippen molar-refractivity contribution in [3.8, 4) is 0 Å². The summed E-state index contributed by atoms with van der Waals surface area (Å²) in [6, 6.07) is 12.5. The minimum absolute atomic E-state index is 0.161. The topological polar surface area (TPSA) is 3.24 Å². The fourth-order valence-corrected chi connectivity index (χ4v) is 4.13. The van der Waals surface area contributed by atoms with Crippen LogP contribution in [0.4, 0.5) is 5.69 Å². The third kappa shape index (κ3) is 8.29. The van der Waals surface area contributed by atoms with Gasteiger partial charge in [-0.2, -0.15) is 0 Å². The van der Waals surface area contributed by atoms with E-state index in [9.17, 15) is 0 Å². The highest BCUT2D eigenvalue weighted by Gasteiger charge is 2.20. The van der Waals surface area contributed by atoms with Crippen molar-refractivity contribution in [3.05, 3.63) is 102 Å². The largest absolute Gasteiger partial charge is 0.338 e. The van der Waals surface area contributed by atoms with Crippen LogP contribution in [0, 0.1) is 23.5 Å². The number of allylic oxidation sites excluding steroid dienone is 9. The average Bonchev–Trinajstić information content (AvgIpc) is 3.08. The molecule has 0 heterocycles. The maximum absolute atomic E-state index is 3.94. The van der Waals surface area contributed by atoms with E-state index in [-0.39, 0.29) is 5.41 Å². The molecule has 33 heavy (non-hydrogen) atoms. The van der Waals surface area contributed by atoms with Crippen molar-refractivity contribution in [3.63, 3.8) is 0 Å². The molecule has 1 aromatic rings. The fourth-order valence-electron chi connectivity index (χ4n) is 4.13. The third-order valence-corrected chi connectivity index (χ3v) is 6.61. The Morgan fingerprint density at radius 3 is 2.76 bits per heavy atom. The molecule has 1 aliphatic carbocycles. The monoisotopic (exact) mass is 441 g/mol. The maximum atomic E-state index is 3.94. The van der Waals surface area contributed by atoms with Crippen LogP contribution in [0.3, 0.4) is 0 Å². The van der Waals surface area contributed by atoms with Crippen LogP contribution in [0.2, 0.25) is 0 Å². The van der Waals surface area contributed by atoms with Crippen molar-refractivity contribution >= 4 is 5.69 Å². The van der Waals surface area contributed by atoms with Gasteiger partial charge in [0.2, 0.25) is 0 Å². The lowest BCUT2D eigenvalue weighted by Crippen LogP contribution is -2.23. The van der Waals surface area contributed by atoms with E-state index in [1.165, 1.54) is 36.1 Å². The quantitative estimate of drug-likeness (QED) is 0.276. The molecule has 0 radical (unpaired) electrons. The van der Waals surface area contributed by atoms with E-state index in [0.29, 0.717) is 5.92 Å². The lowest BCUT2D eigenvalue weighted by atomic mass is 9.79. The number of hydrogen-bond acceptors (Lipinski definition) is 1. The first-order valence-corrected chi connectivity index (χ1v) is 12.7. The number of hydrogen-bond donors (Lipinski definition) is 0. The average molecular weight is 442 g/mol. The van der Waals surface area contributed by atoms with E-state index in [1.54, 1.807) is 0 Å². The molecular weight excluding hydrogens is 398 g/mol. The molecule has 176 valence electrons. The fraction of sp³-hybridized carbons (Fsp3) is 0.438. The molecule has 0 bridgehead atoms. The molecular formula is C32H43N. The molecule has 1 unspecified atom stereocenters. The van der Waals surface area contributed by atoms with Gasteiger partial charge in [-0.25, -0.2) is 0 Å². The SMILES string of the molecule is C=C/C=C(\C=C/CCN(C1=CC=C(C(C)CC)C=CC1)c1c#cccc1)C(C)(C)CCCC. The van der Waals surface area contributed by atoms with Gasteiger partial charge in [0, 0.05) is 18.7 Å². The zero-order valence-electron chi connectivity index (χ0n) is 21.5. The number of unbranched alkanes of at least 4 members (excludes halogenated alkanes) is 1. The second-order valence-electron chi connectivity index (χ2n) is 9.61. The summed E-state index contributed by atoms with van der Waals surface area (Å²) in [4.78, 5) is 2.39. The Hall–Kier alpha value is -2.72. The second kappa shape index (κ2) is 13.7. The Labute approximate surface area is 204 Å². The van der Waals surface area contributed by atoms with Gasteiger partial charge in [-0.3, -0.25) is 0 Å². The van der Waals surface area contributed by atoms with Crippen LogP contribution >= 0.6 is 0 Å². The molecule has 1 aromatic carbocycles. The van der Waals surface area contributed by atoms with Gasteiger partial charge in [-0.15, -0.1) is 0 Å². The van der Waals surface area contributed by atoms with Crippen LogP contribution in [-0.2, 0) is 0 Å². The summed E-state index contributed by atoms with van der Waals surface area (Å²) in [5, 5.41) is 0. The number of rotatable bonds is 13. The van der Waals surface area contributed by atoms with Crippen LogP contribution in [0.15, 0.2) is 90.2 Å². The van der Waals surface area contributed by atoms with Gasteiger partial charge in [0.05, 0.1) is 5.69 Å². The van der Waals surface area contributed by atoms with Crippen LogP contribution in [0.1, 0.15) is 73.1 Å². The normalized spacial score (nSPS) is 15.5. The van der Waals surface area contributed by atoms with E-state index in [2.05, 4.69) is 107 Å². The minimum atomic E-state index is 0.161. The molecule has 0 fully saturated rings. The highest BCUT2D eigenvalue weighted by molar-refractivity contribution is 5.51. The first kappa shape index (κ1) is 26.5. The summed E-state index contributed by atoms with van der Waals surface area (Å²) < 4.78 is 0.